The van der Waals surface area contributed by atoms with Crippen LogP contribution in [0, 0.1) is 0 Å². The average molecular weight is 244 g/mol. The van der Waals surface area contributed by atoms with Gasteiger partial charge in [0.25, 0.3) is 0 Å². The second-order valence-electron chi connectivity index (χ2n) is 3.90. The topological polar surface area (TPSA) is 57.4 Å². The number of ether oxygens (including phenoxy) is 2. The third-order valence-corrected chi connectivity index (χ3v) is 2.56. The molecule has 0 amide bonds. The highest BCUT2D eigenvalue weighted by molar-refractivity contribution is 5.51. The zero-order valence-electron chi connectivity index (χ0n) is 10.3. The SMILES string of the molecule is COCCc1ccc(Oc2ccncc2N)cc1. The quantitative estimate of drug-likeness (QED) is 0.878. The van der Waals surface area contributed by atoms with Crippen molar-refractivity contribution in [3.8, 4) is 11.5 Å². The number of nitrogens with zero attached hydrogens (tertiary/aromatic N) is 1. The Morgan fingerprint density at radius 3 is 2.61 bits per heavy atom. The van der Waals surface area contributed by atoms with Gasteiger partial charge in [-0.25, -0.2) is 0 Å². The third kappa shape index (κ3) is 3.21. The van der Waals surface area contributed by atoms with Crippen LogP contribution >= 0.6 is 0 Å². The van der Waals surface area contributed by atoms with E-state index in [9.17, 15) is 0 Å². The summed E-state index contributed by atoms with van der Waals surface area (Å²) in [5, 5.41) is 0. The normalized spacial score (nSPS) is 10.3. The summed E-state index contributed by atoms with van der Waals surface area (Å²) in [6.07, 6.45) is 4.12. The molecule has 1 aromatic carbocycles. The number of nitrogens with two attached hydrogens (primary N) is 1. The molecule has 1 aromatic heterocycles. The predicted octanol–water partition coefficient (Wildman–Crippen LogP) is 2.65. The third-order valence-electron chi connectivity index (χ3n) is 2.56. The lowest BCUT2D eigenvalue weighted by atomic mass is 10.1. The van der Waals surface area contributed by atoms with E-state index in [2.05, 4.69) is 4.98 Å². The van der Waals surface area contributed by atoms with Gasteiger partial charge in [-0.2, -0.15) is 0 Å². The molecule has 0 fully saturated rings. The van der Waals surface area contributed by atoms with E-state index in [0.29, 0.717) is 11.4 Å². The number of hydrogen-bond acceptors (Lipinski definition) is 4. The first kappa shape index (κ1) is 12.4. The molecule has 0 unspecified atom stereocenters. The average Bonchev–Trinajstić information content (AvgIpc) is 2.41. The van der Waals surface area contributed by atoms with Crippen molar-refractivity contribution in [2.24, 2.45) is 0 Å². The highest BCUT2D eigenvalue weighted by atomic mass is 16.5. The molecule has 0 aliphatic rings. The minimum Gasteiger partial charge on any atom is -0.455 e. The van der Waals surface area contributed by atoms with Gasteiger partial charge in [-0.3, -0.25) is 4.98 Å². The van der Waals surface area contributed by atoms with E-state index >= 15 is 0 Å². The Bertz CT molecular complexity index is 497. The summed E-state index contributed by atoms with van der Waals surface area (Å²) < 4.78 is 10.7. The molecule has 0 saturated heterocycles. The van der Waals surface area contributed by atoms with Crippen molar-refractivity contribution < 1.29 is 9.47 Å². The Hall–Kier alpha value is -2.07. The summed E-state index contributed by atoms with van der Waals surface area (Å²) in [6.45, 7) is 0.720. The zero-order chi connectivity index (χ0) is 12.8. The Labute approximate surface area is 106 Å². The van der Waals surface area contributed by atoms with Crippen molar-refractivity contribution >= 4 is 5.69 Å². The molecule has 0 atom stereocenters. The van der Waals surface area contributed by atoms with Gasteiger partial charge in [-0.05, 0) is 24.1 Å². The number of nitrogen functional groups attached to an aromatic ring is 1. The smallest absolute Gasteiger partial charge is 0.153 e. The van der Waals surface area contributed by atoms with Crippen LogP contribution in [0.3, 0.4) is 0 Å². The van der Waals surface area contributed by atoms with Crippen LogP contribution in [-0.2, 0) is 11.2 Å². The van der Waals surface area contributed by atoms with Gasteiger partial charge in [0.05, 0.1) is 18.5 Å². The molecule has 94 valence electrons. The maximum Gasteiger partial charge on any atom is 0.153 e. The second-order valence-corrected chi connectivity index (χ2v) is 3.90. The lowest BCUT2D eigenvalue weighted by Gasteiger charge is -2.08. The molecule has 0 spiro atoms. The minimum atomic E-state index is 0.529. The van der Waals surface area contributed by atoms with E-state index in [1.165, 1.54) is 5.56 Å². The van der Waals surface area contributed by atoms with Crippen molar-refractivity contribution in [3.63, 3.8) is 0 Å². The summed E-state index contributed by atoms with van der Waals surface area (Å²) >= 11 is 0. The molecule has 2 N–H and O–H groups in total. The van der Waals surface area contributed by atoms with Gasteiger partial charge in [-0.15, -0.1) is 0 Å². The highest BCUT2D eigenvalue weighted by Gasteiger charge is 2.01. The van der Waals surface area contributed by atoms with E-state index in [4.69, 9.17) is 15.2 Å². The Morgan fingerprint density at radius 1 is 1.17 bits per heavy atom. The van der Waals surface area contributed by atoms with Gasteiger partial charge in [0.15, 0.2) is 5.75 Å². The molecule has 0 bridgehead atoms. The number of benzene rings is 1. The number of anilines is 1. The Balaban J connectivity index is 2.04. The Kier molecular flexibility index (Phi) is 4.15. The van der Waals surface area contributed by atoms with E-state index in [0.717, 1.165) is 18.8 Å². The molecule has 4 nitrogen and oxygen atoms in total. The second kappa shape index (κ2) is 6.02. The highest BCUT2D eigenvalue weighted by Crippen LogP contribution is 2.26. The van der Waals surface area contributed by atoms with Crippen LogP contribution in [0.25, 0.3) is 0 Å². The minimum absolute atomic E-state index is 0.529. The molecular formula is C14H16N2O2. The van der Waals surface area contributed by atoms with Gasteiger partial charge < -0.3 is 15.2 Å². The van der Waals surface area contributed by atoms with E-state index in [-0.39, 0.29) is 0 Å². The molecule has 4 heteroatoms. The van der Waals surface area contributed by atoms with Crippen LogP contribution in [0.15, 0.2) is 42.7 Å². The van der Waals surface area contributed by atoms with Crippen LogP contribution in [0.4, 0.5) is 5.69 Å². The molecule has 1 heterocycles. The molecule has 0 aliphatic heterocycles. The van der Waals surface area contributed by atoms with Crippen molar-refractivity contribution in [2.75, 3.05) is 19.5 Å². The summed E-state index contributed by atoms with van der Waals surface area (Å²) in [5.41, 5.74) is 7.50. The van der Waals surface area contributed by atoms with Crippen molar-refractivity contribution in [3.05, 3.63) is 48.3 Å². The van der Waals surface area contributed by atoms with E-state index in [1.807, 2.05) is 24.3 Å². The maximum atomic E-state index is 5.76. The fraction of sp³-hybridized carbons (Fsp3) is 0.214. The number of pyridine rings is 1. The van der Waals surface area contributed by atoms with Crippen LogP contribution in [0.2, 0.25) is 0 Å². The van der Waals surface area contributed by atoms with Crippen LogP contribution in [0.1, 0.15) is 5.56 Å². The van der Waals surface area contributed by atoms with Crippen molar-refractivity contribution in [2.45, 2.75) is 6.42 Å². The number of rotatable bonds is 5. The van der Waals surface area contributed by atoms with Gasteiger partial charge in [0.1, 0.15) is 5.75 Å². The fourth-order valence-corrected chi connectivity index (χ4v) is 1.56. The lowest BCUT2D eigenvalue weighted by molar-refractivity contribution is 0.202. The molecule has 0 radical (unpaired) electrons. The van der Waals surface area contributed by atoms with Gasteiger partial charge >= 0.3 is 0 Å². The summed E-state index contributed by atoms with van der Waals surface area (Å²) in [5.74, 6) is 1.38. The first-order valence-electron chi connectivity index (χ1n) is 5.75. The summed E-state index contributed by atoms with van der Waals surface area (Å²) in [6, 6.07) is 9.63. The summed E-state index contributed by atoms with van der Waals surface area (Å²) in [7, 11) is 1.70. The molecular weight excluding hydrogens is 228 g/mol. The first-order chi connectivity index (χ1) is 8.79. The summed E-state index contributed by atoms with van der Waals surface area (Å²) in [4.78, 5) is 3.92. The van der Waals surface area contributed by atoms with Gasteiger partial charge in [0, 0.05) is 19.4 Å². The molecule has 18 heavy (non-hydrogen) atoms. The van der Waals surface area contributed by atoms with Crippen LogP contribution < -0.4 is 10.5 Å². The van der Waals surface area contributed by atoms with Crippen LogP contribution in [-0.4, -0.2) is 18.7 Å². The van der Waals surface area contributed by atoms with E-state index in [1.54, 1.807) is 25.6 Å². The van der Waals surface area contributed by atoms with Crippen LogP contribution in [0.5, 0.6) is 11.5 Å². The zero-order valence-corrected chi connectivity index (χ0v) is 10.3. The maximum absolute atomic E-state index is 5.76. The number of aromatic nitrogens is 1. The predicted molar refractivity (Wildman–Crippen MR) is 70.7 cm³/mol. The fourth-order valence-electron chi connectivity index (χ4n) is 1.56. The number of hydrogen-bond donors (Lipinski definition) is 1. The monoisotopic (exact) mass is 244 g/mol. The first-order valence-corrected chi connectivity index (χ1v) is 5.75. The Morgan fingerprint density at radius 2 is 1.94 bits per heavy atom. The van der Waals surface area contributed by atoms with Crippen molar-refractivity contribution in [1.82, 2.24) is 4.98 Å². The number of methoxy groups -OCH3 is 1. The molecule has 0 aliphatic carbocycles. The van der Waals surface area contributed by atoms with Crippen molar-refractivity contribution in [1.29, 1.82) is 0 Å². The largest absolute Gasteiger partial charge is 0.455 e. The standard InChI is InChI=1S/C14H16N2O2/c1-17-9-7-11-2-4-12(5-3-11)18-14-6-8-16-10-13(14)15/h2-6,8,10H,7,9,15H2,1H3. The van der Waals surface area contributed by atoms with Gasteiger partial charge in [0.2, 0.25) is 0 Å². The van der Waals surface area contributed by atoms with Gasteiger partial charge in [-0.1, -0.05) is 12.1 Å². The molecule has 2 rings (SSSR count). The lowest BCUT2D eigenvalue weighted by Crippen LogP contribution is -1.95. The van der Waals surface area contributed by atoms with E-state index < -0.39 is 0 Å². The molecule has 2 aromatic rings. The molecule has 0 saturated carbocycles.